The number of rotatable bonds is 3. The minimum absolute atomic E-state index is 0.0931. The zero-order chi connectivity index (χ0) is 10.5. The molecule has 2 atom stereocenters. The predicted octanol–water partition coefficient (Wildman–Crippen LogP) is -0.0750. The van der Waals surface area contributed by atoms with Gasteiger partial charge in [-0.15, -0.1) is 0 Å². The van der Waals surface area contributed by atoms with E-state index in [2.05, 4.69) is 5.32 Å². The van der Waals surface area contributed by atoms with Crippen molar-refractivity contribution >= 4 is 22.9 Å². The van der Waals surface area contributed by atoms with Crippen molar-refractivity contribution in [2.45, 2.75) is 31.1 Å². The van der Waals surface area contributed by atoms with Gasteiger partial charge in [-0.25, -0.2) is 0 Å². The maximum absolute atomic E-state index is 11.1. The summed E-state index contributed by atoms with van der Waals surface area (Å²) < 4.78 is 5.13. The number of alkyl carbamates (subject to hydrolysis) is 1. The summed E-state index contributed by atoms with van der Waals surface area (Å²) in [7, 11) is 0. The van der Waals surface area contributed by atoms with Crippen LogP contribution < -0.4 is 5.32 Å². The van der Waals surface area contributed by atoms with Gasteiger partial charge in [-0.1, -0.05) is 0 Å². The van der Waals surface area contributed by atoms with Crippen molar-refractivity contribution in [1.29, 1.82) is 0 Å². The molecular formula is C8H18AsNO3. The number of ether oxygens (including phenoxy) is 1. The minimum atomic E-state index is -0.461. The first kappa shape index (κ1) is 12.8. The molecule has 13 heavy (non-hydrogen) atoms. The molecule has 0 spiro atoms. The van der Waals surface area contributed by atoms with Crippen LogP contribution in [0.3, 0.4) is 0 Å². The Hall–Kier alpha value is -0.212. The molecule has 2 unspecified atom stereocenters. The maximum atomic E-state index is 11.1. The first-order chi connectivity index (χ1) is 5.85. The molecular weight excluding hydrogens is 233 g/mol. The van der Waals surface area contributed by atoms with E-state index in [1.165, 1.54) is 16.9 Å². The molecule has 0 aliphatic rings. The average molecular weight is 251 g/mol. The van der Waals surface area contributed by atoms with Crippen LogP contribution in [0.4, 0.5) is 4.79 Å². The van der Waals surface area contributed by atoms with E-state index in [9.17, 15) is 4.79 Å². The Morgan fingerprint density at radius 2 is 2.15 bits per heavy atom. The third kappa shape index (κ3) is 8.13. The third-order valence-corrected chi connectivity index (χ3v) is 2.08. The summed E-state index contributed by atoms with van der Waals surface area (Å²) in [5, 5.41) is 11.3. The molecule has 0 fully saturated rings. The number of carbonyl (C=O) groups is 1. The van der Waals surface area contributed by atoms with Crippen molar-refractivity contribution in [2.24, 2.45) is 0 Å². The van der Waals surface area contributed by atoms with Gasteiger partial charge in [-0.3, -0.25) is 0 Å². The van der Waals surface area contributed by atoms with Crippen LogP contribution in [0.25, 0.3) is 0 Å². The van der Waals surface area contributed by atoms with E-state index in [1.54, 1.807) is 0 Å². The molecule has 0 aliphatic heterocycles. The van der Waals surface area contributed by atoms with Crippen LogP contribution in [0.1, 0.15) is 20.8 Å². The molecule has 0 radical (unpaired) electrons. The third-order valence-electron chi connectivity index (χ3n) is 1.14. The van der Waals surface area contributed by atoms with E-state index in [4.69, 9.17) is 9.84 Å². The van der Waals surface area contributed by atoms with Gasteiger partial charge in [0, 0.05) is 0 Å². The normalized spacial score (nSPS) is 13.6. The average Bonchev–Trinajstić information content (AvgIpc) is 1.97. The molecule has 0 saturated heterocycles. The zero-order valence-corrected chi connectivity index (χ0v) is 10.8. The van der Waals surface area contributed by atoms with Crippen molar-refractivity contribution in [1.82, 2.24) is 5.32 Å². The number of hydrogen-bond donors (Lipinski definition) is 2. The Balaban J connectivity index is 3.64. The number of carbonyl (C=O) groups excluding carboxylic acids is 1. The summed E-state index contributed by atoms with van der Waals surface area (Å²) in [4.78, 5) is 11.1. The van der Waals surface area contributed by atoms with Crippen LogP contribution in [0, 0.1) is 0 Å². The molecule has 0 saturated carbocycles. The van der Waals surface area contributed by atoms with Gasteiger partial charge in [0.25, 0.3) is 0 Å². The fraction of sp³-hybridized carbons (Fsp3) is 0.875. The fourth-order valence-corrected chi connectivity index (χ4v) is 0.840. The van der Waals surface area contributed by atoms with Crippen LogP contribution >= 0.6 is 0 Å². The van der Waals surface area contributed by atoms with Crippen LogP contribution in [0.2, 0.25) is 4.71 Å². The molecule has 4 nitrogen and oxygen atoms in total. The van der Waals surface area contributed by atoms with Crippen molar-refractivity contribution in [3.8, 4) is 0 Å². The number of nitrogens with one attached hydrogen (secondary N) is 1. The topological polar surface area (TPSA) is 58.6 Å². The summed E-state index contributed by atoms with van der Waals surface area (Å²) in [5.74, 6) is 0. The predicted molar refractivity (Wildman–Crippen MR) is 53.6 cm³/mol. The van der Waals surface area contributed by atoms with Crippen molar-refractivity contribution in [2.75, 3.05) is 13.2 Å². The van der Waals surface area contributed by atoms with Crippen molar-refractivity contribution in [3.63, 3.8) is 0 Å². The second-order valence-corrected chi connectivity index (χ2v) is 5.80. The quantitative estimate of drug-likeness (QED) is 0.690. The Labute approximate surface area is 87.5 Å². The summed E-state index contributed by atoms with van der Waals surface area (Å²) in [5.41, 5.74) is -0.461. The number of hydrogen-bond acceptors (Lipinski definition) is 3. The van der Waals surface area contributed by atoms with Crippen LogP contribution in [0.15, 0.2) is 0 Å². The molecule has 78 valence electrons. The van der Waals surface area contributed by atoms with E-state index in [1.807, 2.05) is 20.8 Å². The standard InChI is InChI=1S/C8H18AsNO3/c1-8(2,3)13-7(12)10-4-6(9)5-11/h6,11H,4-5,9H2,1-3H3,(H,10,12). The van der Waals surface area contributed by atoms with Gasteiger partial charge >= 0.3 is 87.1 Å². The van der Waals surface area contributed by atoms with Gasteiger partial charge in [0.1, 0.15) is 0 Å². The van der Waals surface area contributed by atoms with E-state index in [0.29, 0.717) is 6.54 Å². The first-order valence-corrected chi connectivity index (χ1v) is 5.58. The molecule has 0 bridgehead atoms. The fourth-order valence-electron chi connectivity index (χ4n) is 0.593. The molecule has 1 amide bonds. The van der Waals surface area contributed by atoms with Gasteiger partial charge in [0.2, 0.25) is 0 Å². The second kappa shape index (κ2) is 5.50. The van der Waals surface area contributed by atoms with Gasteiger partial charge in [-0.2, -0.15) is 0 Å². The van der Waals surface area contributed by atoms with E-state index >= 15 is 0 Å². The van der Waals surface area contributed by atoms with E-state index < -0.39 is 11.7 Å². The SMILES string of the molecule is CC(C)(C)OC(=O)NCC([AsH2])CO. The van der Waals surface area contributed by atoms with Gasteiger partial charge in [0.15, 0.2) is 0 Å². The van der Waals surface area contributed by atoms with Crippen LogP contribution in [0.5, 0.6) is 0 Å². The van der Waals surface area contributed by atoms with Crippen molar-refractivity contribution in [3.05, 3.63) is 0 Å². The summed E-state index contributed by atoms with van der Waals surface area (Å²) >= 11 is 1.40. The molecule has 0 aliphatic carbocycles. The summed E-state index contributed by atoms with van der Waals surface area (Å²) in [6, 6.07) is 0. The Morgan fingerprint density at radius 1 is 1.62 bits per heavy atom. The monoisotopic (exact) mass is 251 g/mol. The zero-order valence-electron chi connectivity index (χ0n) is 8.33. The van der Waals surface area contributed by atoms with E-state index in [0.717, 1.165) is 0 Å². The molecule has 5 heteroatoms. The molecule has 0 heterocycles. The van der Waals surface area contributed by atoms with Crippen LogP contribution in [-0.2, 0) is 4.74 Å². The molecule has 0 aromatic carbocycles. The Morgan fingerprint density at radius 3 is 2.54 bits per heavy atom. The Kier molecular flexibility index (Phi) is 5.41. The van der Waals surface area contributed by atoms with Gasteiger partial charge in [0.05, 0.1) is 0 Å². The van der Waals surface area contributed by atoms with Crippen molar-refractivity contribution < 1.29 is 14.6 Å². The first-order valence-electron chi connectivity index (χ1n) is 4.18. The summed E-state index contributed by atoms with van der Waals surface area (Å²) in [6.45, 7) is 5.99. The molecule has 0 rings (SSSR count). The van der Waals surface area contributed by atoms with Gasteiger partial charge < -0.3 is 0 Å². The molecule has 0 aromatic heterocycles. The van der Waals surface area contributed by atoms with Gasteiger partial charge in [-0.05, 0) is 0 Å². The summed E-state index contributed by atoms with van der Waals surface area (Å²) in [6.07, 6.45) is -0.427. The number of aliphatic hydroxyl groups is 1. The number of aliphatic hydroxyl groups excluding tert-OH is 1. The Bertz CT molecular complexity index is 167. The number of amides is 1. The van der Waals surface area contributed by atoms with Crippen LogP contribution in [-0.4, -0.2) is 46.8 Å². The van der Waals surface area contributed by atoms with E-state index in [-0.39, 0.29) is 11.3 Å². The molecule has 0 aromatic rings. The second-order valence-electron chi connectivity index (χ2n) is 3.83. The molecule has 2 N–H and O–H groups in total.